The van der Waals surface area contributed by atoms with Crippen LogP contribution in [-0.4, -0.2) is 10.1 Å². The molecule has 3 rings (SSSR count). The summed E-state index contributed by atoms with van der Waals surface area (Å²) in [6, 6.07) is 15.2. The molecule has 3 aromatic rings. The van der Waals surface area contributed by atoms with Gasteiger partial charge in [0.05, 0.1) is 12.3 Å². The molecule has 4 heteroatoms. The van der Waals surface area contributed by atoms with Crippen molar-refractivity contribution in [3.05, 3.63) is 66.1 Å². The van der Waals surface area contributed by atoms with Crippen LogP contribution in [0, 0.1) is 5.82 Å². The van der Waals surface area contributed by atoms with Gasteiger partial charge in [0.25, 0.3) is 0 Å². The fourth-order valence-corrected chi connectivity index (χ4v) is 1.99. The van der Waals surface area contributed by atoms with Crippen molar-refractivity contribution in [1.29, 1.82) is 0 Å². The van der Waals surface area contributed by atoms with Crippen LogP contribution in [0.25, 0.3) is 10.8 Å². The highest BCUT2D eigenvalue weighted by Crippen LogP contribution is 2.28. The average Bonchev–Trinajstić information content (AvgIpc) is 2.49. The van der Waals surface area contributed by atoms with Crippen molar-refractivity contribution in [2.45, 2.75) is 6.61 Å². The van der Waals surface area contributed by atoms with Gasteiger partial charge in [-0.2, -0.15) is 0 Å². The first-order valence-electron chi connectivity index (χ1n) is 6.19. The Labute approximate surface area is 115 Å². The van der Waals surface area contributed by atoms with Crippen LogP contribution in [0.15, 0.2) is 54.6 Å². The number of fused-ring (bicyclic) bond motifs is 1. The van der Waals surface area contributed by atoms with E-state index in [1.165, 1.54) is 24.3 Å². The molecule has 100 valence electrons. The Morgan fingerprint density at radius 1 is 1.05 bits per heavy atom. The number of aliphatic hydroxyl groups excluding tert-OH is 1. The van der Waals surface area contributed by atoms with E-state index in [-0.39, 0.29) is 12.4 Å². The number of nitrogens with zero attached hydrogens (tertiary/aromatic N) is 1. The average molecular weight is 269 g/mol. The van der Waals surface area contributed by atoms with E-state index in [9.17, 15) is 9.50 Å². The summed E-state index contributed by atoms with van der Waals surface area (Å²) in [6.07, 6.45) is 0. The normalized spacial score (nSPS) is 10.7. The maximum absolute atomic E-state index is 12.9. The molecule has 0 aliphatic carbocycles. The van der Waals surface area contributed by atoms with Crippen LogP contribution >= 0.6 is 0 Å². The zero-order valence-electron chi connectivity index (χ0n) is 10.6. The highest BCUT2D eigenvalue weighted by molar-refractivity contribution is 5.87. The molecule has 0 saturated heterocycles. The molecular weight excluding hydrogens is 257 g/mol. The number of halogens is 1. The van der Waals surface area contributed by atoms with Gasteiger partial charge in [-0.15, -0.1) is 0 Å². The van der Waals surface area contributed by atoms with Gasteiger partial charge in [-0.05, 0) is 41.8 Å². The lowest BCUT2D eigenvalue weighted by atomic mass is 10.1. The first-order chi connectivity index (χ1) is 9.76. The molecule has 1 heterocycles. The largest absolute Gasteiger partial charge is 0.438 e. The van der Waals surface area contributed by atoms with Crippen LogP contribution in [-0.2, 0) is 6.61 Å². The number of hydrogen-bond donors (Lipinski definition) is 1. The Morgan fingerprint density at radius 3 is 2.55 bits per heavy atom. The summed E-state index contributed by atoms with van der Waals surface area (Å²) in [6.45, 7) is -0.162. The summed E-state index contributed by atoms with van der Waals surface area (Å²) in [4.78, 5) is 4.27. The fraction of sp³-hybridized carbons (Fsp3) is 0.0625. The van der Waals surface area contributed by atoms with Crippen LogP contribution in [0.2, 0.25) is 0 Å². The fourth-order valence-electron chi connectivity index (χ4n) is 1.99. The third-order valence-corrected chi connectivity index (χ3v) is 2.95. The summed E-state index contributed by atoms with van der Waals surface area (Å²) < 4.78 is 18.6. The zero-order chi connectivity index (χ0) is 13.9. The van der Waals surface area contributed by atoms with E-state index in [1.54, 1.807) is 0 Å². The van der Waals surface area contributed by atoms with E-state index >= 15 is 0 Å². The Bertz CT molecular complexity index is 741. The van der Waals surface area contributed by atoms with Crippen LogP contribution in [0.3, 0.4) is 0 Å². The monoisotopic (exact) mass is 269 g/mol. The molecule has 0 radical (unpaired) electrons. The molecule has 0 amide bonds. The van der Waals surface area contributed by atoms with Crippen molar-refractivity contribution in [2.24, 2.45) is 0 Å². The van der Waals surface area contributed by atoms with E-state index in [1.807, 2.05) is 30.3 Å². The van der Waals surface area contributed by atoms with E-state index in [0.717, 1.165) is 10.8 Å². The lowest BCUT2D eigenvalue weighted by molar-refractivity contribution is 0.275. The number of pyridine rings is 1. The molecule has 0 fully saturated rings. The number of hydrogen-bond acceptors (Lipinski definition) is 3. The van der Waals surface area contributed by atoms with Crippen molar-refractivity contribution in [1.82, 2.24) is 4.98 Å². The first-order valence-corrected chi connectivity index (χ1v) is 6.19. The Hall–Kier alpha value is -2.46. The predicted molar refractivity (Wildman–Crippen MR) is 74.1 cm³/mol. The minimum atomic E-state index is -0.320. The van der Waals surface area contributed by atoms with E-state index in [2.05, 4.69) is 4.98 Å². The Morgan fingerprint density at radius 2 is 1.80 bits per heavy atom. The molecule has 3 nitrogen and oxygen atoms in total. The van der Waals surface area contributed by atoms with E-state index in [4.69, 9.17) is 4.74 Å². The first kappa shape index (κ1) is 12.6. The quantitative estimate of drug-likeness (QED) is 0.789. The minimum Gasteiger partial charge on any atom is -0.438 e. The molecule has 0 atom stereocenters. The van der Waals surface area contributed by atoms with Crippen LogP contribution in [0.5, 0.6) is 11.6 Å². The maximum atomic E-state index is 12.9. The second-order valence-corrected chi connectivity index (χ2v) is 4.35. The number of rotatable bonds is 3. The summed E-state index contributed by atoms with van der Waals surface area (Å²) in [5.41, 5.74) is 0.529. The molecule has 0 unspecified atom stereocenters. The summed E-state index contributed by atoms with van der Waals surface area (Å²) in [5.74, 6) is 0.581. The van der Waals surface area contributed by atoms with Crippen molar-refractivity contribution >= 4 is 10.8 Å². The van der Waals surface area contributed by atoms with Crippen molar-refractivity contribution in [2.75, 3.05) is 0 Å². The SMILES string of the molecule is OCc1cc2ccccc2c(Oc2ccc(F)cc2)n1. The van der Waals surface area contributed by atoms with Crippen molar-refractivity contribution in [3.8, 4) is 11.6 Å². The lowest BCUT2D eigenvalue weighted by Crippen LogP contribution is -1.95. The number of ether oxygens (including phenoxy) is 1. The predicted octanol–water partition coefficient (Wildman–Crippen LogP) is 3.66. The molecule has 1 N–H and O–H groups in total. The summed E-state index contributed by atoms with van der Waals surface area (Å²) in [7, 11) is 0. The van der Waals surface area contributed by atoms with Gasteiger partial charge in [0, 0.05) is 5.39 Å². The van der Waals surface area contributed by atoms with Crippen LogP contribution in [0.4, 0.5) is 4.39 Å². The minimum absolute atomic E-state index is 0.162. The molecule has 0 aliphatic heterocycles. The highest BCUT2D eigenvalue weighted by Gasteiger charge is 2.08. The van der Waals surface area contributed by atoms with Gasteiger partial charge >= 0.3 is 0 Å². The molecule has 1 aromatic heterocycles. The van der Waals surface area contributed by atoms with Gasteiger partial charge in [-0.25, -0.2) is 9.37 Å². The second-order valence-electron chi connectivity index (χ2n) is 4.35. The zero-order valence-corrected chi connectivity index (χ0v) is 10.6. The summed E-state index contributed by atoms with van der Waals surface area (Å²) in [5, 5.41) is 11.0. The van der Waals surface area contributed by atoms with Gasteiger partial charge in [0.2, 0.25) is 5.88 Å². The molecular formula is C16H12FNO2. The van der Waals surface area contributed by atoms with Crippen molar-refractivity contribution in [3.63, 3.8) is 0 Å². The summed E-state index contributed by atoms with van der Waals surface area (Å²) >= 11 is 0. The standard InChI is InChI=1S/C16H12FNO2/c17-12-5-7-14(8-6-12)20-16-15-4-2-1-3-11(15)9-13(10-19)18-16/h1-9,19H,10H2. The smallest absolute Gasteiger partial charge is 0.227 e. The van der Waals surface area contributed by atoms with E-state index in [0.29, 0.717) is 17.3 Å². The van der Waals surface area contributed by atoms with E-state index < -0.39 is 0 Å². The molecule has 0 bridgehead atoms. The maximum Gasteiger partial charge on any atom is 0.227 e. The van der Waals surface area contributed by atoms with Gasteiger partial charge in [-0.1, -0.05) is 18.2 Å². The lowest BCUT2D eigenvalue weighted by Gasteiger charge is -2.09. The number of aromatic nitrogens is 1. The van der Waals surface area contributed by atoms with Gasteiger partial charge in [-0.3, -0.25) is 0 Å². The van der Waals surface area contributed by atoms with Crippen LogP contribution in [0.1, 0.15) is 5.69 Å². The third kappa shape index (κ3) is 2.46. The molecule has 0 saturated carbocycles. The van der Waals surface area contributed by atoms with Gasteiger partial charge in [0.15, 0.2) is 0 Å². The van der Waals surface area contributed by atoms with Gasteiger partial charge in [0.1, 0.15) is 11.6 Å². The van der Waals surface area contributed by atoms with Gasteiger partial charge < -0.3 is 9.84 Å². The van der Waals surface area contributed by atoms with Crippen LogP contribution < -0.4 is 4.74 Å². The molecule has 0 aliphatic rings. The molecule has 2 aromatic carbocycles. The highest BCUT2D eigenvalue weighted by atomic mass is 19.1. The third-order valence-electron chi connectivity index (χ3n) is 2.95. The number of aliphatic hydroxyl groups is 1. The Kier molecular flexibility index (Phi) is 3.31. The Balaban J connectivity index is 2.07. The molecule has 20 heavy (non-hydrogen) atoms. The number of benzene rings is 2. The topological polar surface area (TPSA) is 42.4 Å². The second kappa shape index (κ2) is 5.27. The van der Waals surface area contributed by atoms with Crippen molar-refractivity contribution < 1.29 is 14.2 Å². The molecule has 0 spiro atoms.